The summed E-state index contributed by atoms with van der Waals surface area (Å²) in [7, 11) is 1.37. The Morgan fingerprint density at radius 3 is 2.27 bits per heavy atom. The highest BCUT2D eigenvalue weighted by Crippen LogP contribution is 2.39. The summed E-state index contributed by atoms with van der Waals surface area (Å²) in [5.74, 6) is -1.58. The fraction of sp³-hybridized carbons (Fsp3) is 0.240. The molecule has 2 N–H and O–H groups in total. The van der Waals surface area contributed by atoms with Crippen LogP contribution in [0.2, 0.25) is 0 Å². The minimum absolute atomic E-state index is 0.114. The first-order valence-electron chi connectivity index (χ1n) is 10.4. The molecule has 1 amide bonds. The van der Waals surface area contributed by atoms with Gasteiger partial charge in [0.2, 0.25) is 0 Å². The number of hydrogen-bond donors (Lipinski definition) is 2. The Morgan fingerprint density at radius 1 is 1.00 bits per heavy atom. The van der Waals surface area contributed by atoms with Crippen molar-refractivity contribution in [2.45, 2.75) is 36.1 Å². The average molecular weight is 467 g/mol. The van der Waals surface area contributed by atoms with Gasteiger partial charge in [-0.3, -0.25) is 4.79 Å². The van der Waals surface area contributed by atoms with E-state index in [1.54, 1.807) is 11.8 Å². The topological polar surface area (TPSA) is 97.8 Å². The summed E-state index contributed by atoms with van der Waals surface area (Å²) in [5, 5.41) is 12.5. The Morgan fingerprint density at radius 2 is 1.64 bits per heavy atom. The lowest BCUT2D eigenvalue weighted by Crippen LogP contribution is -2.41. The maximum atomic E-state index is 12.8. The number of pyridine rings is 1. The van der Waals surface area contributed by atoms with Gasteiger partial charge < -0.3 is 19.9 Å². The minimum atomic E-state index is -0.953. The summed E-state index contributed by atoms with van der Waals surface area (Å²) in [6, 6.07) is 20.2. The van der Waals surface area contributed by atoms with E-state index < -0.39 is 29.8 Å². The van der Waals surface area contributed by atoms with E-state index in [1.807, 2.05) is 67.6 Å². The van der Waals surface area contributed by atoms with Gasteiger partial charge in [-0.05, 0) is 31.5 Å². The molecule has 0 aliphatic heterocycles. The van der Waals surface area contributed by atoms with Crippen LogP contribution in [0.25, 0.3) is 0 Å². The number of esters is 1. The van der Waals surface area contributed by atoms with Gasteiger partial charge in [-0.15, -0.1) is 11.8 Å². The number of amides is 1. The minimum Gasteiger partial charge on any atom is -0.503 e. The Bertz CT molecular complexity index is 1080. The zero-order valence-corrected chi connectivity index (χ0v) is 19.4. The molecule has 1 heterocycles. The molecular formula is C25H26N2O5S. The van der Waals surface area contributed by atoms with Crippen molar-refractivity contribution in [3.8, 4) is 11.5 Å². The molecule has 0 saturated carbocycles. The predicted octanol–water partition coefficient (Wildman–Crippen LogP) is 4.38. The molecule has 3 aromatic rings. The molecule has 172 valence electrons. The van der Waals surface area contributed by atoms with Crippen molar-refractivity contribution < 1.29 is 24.2 Å². The number of hydrogen-bond acceptors (Lipinski definition) is 7. The van der Waals surface area contributed by atoms with Crippen molar-refractivity contribution >= 4 is 23.6 Å². The van der Waals surface area contributed by atoms with Crippen molar-refractivity contribution in [2.75, 3.05) is 7.11 Å². The van der Waals surface area contributed by atoms with E-state index >= 15 is 0 Å². The quantitative estimate of drug-likeness (QED) is 0.357. The van der Waals surface area contributed by atoms with Gasteiger partial charge in [0.25, 0.3) is 5.91 Å². The molecule has 3 rings (SSSR count). The van der Waals surface area contributed by atoms with Gasteiger partial charge in [0, 0.05) is 17.2 Å². The summed E-state index contributed by atoms with van der Waals surface area (Å²) in [6.45, 7) is 3.35. The lowest BCUT2D eigenvalue weighted by Gasteiger charge is -2.25. The van der Waals surface area contributed by atoms with Crippen LogP contribution in [-0.4, -0.2) is 41.2 Å². The maximum Gasteiger partial charge on any atom is 0.328 e. The first kappa shape index (κ1) is 24.1. The molecule has 0 radical (unpaired) electrons. The fourth-order valence-electron chi connectivity index (χ4n) is 3.16. The molecule has 0 fully saturated rings. The molecule has 2 aromatic carbocycles. The monoisotopic (exact) mass is 466 g/mol. The van der Waals surface area contributed by atoms with Gasteiger partial charge in [-0.1, -0.05) is 48.5 Å². The zero-order chi connectivity index (χ0) is 23.8. The Labute approximate surface area is 197 Å². The van der Waals surface area contributed by atoms with Gasteiger partial charge in [0.15, 0.2) is 17.2 Å². The lowest BCUT2D eigenvalue weighted by atomic mass is 10.1. The van der Waals surface area contributed by atoms with Gasteiger partial charge >= 0.3 is 5.97 Å². The van der Waals surface area contributed by atoms with E-state index in [9.17, 15) is 14.7 Å². The number of aromatic nitrogens is 1. The van der Waals surface area contributed by atoms with Crippen molar-refractivity contribution in [2.24, 2.45) is 0 Å². The van der Waals surface area contributed by atoms with Gasteiger partial charge in [-0.2, -0.15) is 0 Å². The standard InChI is InChI=1S/C25H26N2O5S/c1-16(27-24(29)21-22(28)20(31-3)14-15-26-21)25(30)32-17(2)23(18-10-6-4-7-11-18)33-19-12-8-5-9-13-19/h4-17,23,28H,1-3H3,(H,27,29)/t16-,17?,23?/m0/s1. The Hall–Kier alpha value is -3.52. The second kappa shape index (κ2) is 11.4. The third-order valence-electron chi connectivity index (χ3n) is 4.89. The molecule has 0 spiro atoms. The second-order valence-corrected chi connectivity index (χ2v) is 8.52. The predicted molar refractivity (Wildman–Crippen MR) is 126 cm³/mol. The molecule has 1 aromatic heterocycles. The molecule has 8 heteroatoms. The van der Waals surface area contributed by atoms with E-state index in [1.165, 1.54) is 26.3 Å². The van der Waals surface area contributed by atoms with Crippen LogP contribution in [0.3, 0.4) is 0 Å². The molecule has 2 unspecified atom stereocenters. The molecule has 7 nitrogen and oxygen atoms in total. The van der Waals surface area contributed by atoms with Gasteiger partial charge in [-0.25, -0.2) is 9.78 Å². The third-order valence-corrected chi connectivity index (χ3v) is 6.34. The highest BCUT2D eigenvalue weighted by atomic mass is 32.2. The van der Waals surface area contributed by atoms with Crippen LogP contribution in [0.15, 0.2) is 77.8 Å². The molecule has 0 bridgehead atoms. The van der Waals surface area contributed by atoms with Crippen LogP contribution in [-0.2, 0) is 9.53 Å². The lowest BCUT2D eigenvalue weighted by molar-refractivity contribution is -0.150. The Kier molecular flexibility index (Phi) is 8.32. The van der Waals surface area contributed by atoms with Crippen molar-refractivity contribution in [1.82, 2.24) is 10.3 Å². The summed E-state index contributed by atoms with van der Waals surface area (Å²) >= 11 is 1.60. The van der Waals surface area contributed by atoms with Crippen molar-refractivity contribution in [1.29, 1.82) is 0 Å². The van der Waals surface area contributed by atoms with Crippen LogP contribution in [0.1, 0.15) is 35.1 Å². The van der Waals surface area contributed by atoms with Crippen molar-refractivity contribution in [3.63, 3.8) is 0 Å². The number of benzene rings is 2. The van der Waals surface area contributed by atoms with E-state index in [4.69, 9.17) is 9.47 Å². The van der Waals surface area contributed by atoms with E-state index in [2.05, 4.69) is 10.3 Å². The van der Waals surface area contributed by atoms with Crippen LogP contribution >= 0.6 is 11.8 Å². The number of carbonyl (C=O) groups is 2. The number of rotatable bonds is 9. The van der Waals surface area contributed by atoms with Crippen LogP contribution in [0.4, 0.5) is 0 Å². The number of carbonyl (C=O) groups excluding carboxylic acids is 2. The van der Waals surface area contributed by atoms with Crippen LogP contribution in [0.5, 0.6) is 11.5 Å². The number of thioether (sulfide) groups is 1. The van der Waals surface area contributed by atoms with E-state index in [0.29, 0.717) is 0 Å². The smallest absolute Gasteiger partial charge is 0.328 e. The molecule has 0 saturated heterocycles. The van der Waals surface area contributed by atoms with Crippen LogP contribution in [0, 0.1) is 0 Å². The van der Waals surface area contributed by atoms with E-state index in [-0.39, 0.29) is 16.7 Å². The number of ether oxygens (including phenoxy) is 2. The third kappa shape index (κ3) is 6.26. The fourth-order valence-corrected chi connectivity index (χ4v) is 4.31. The number of aromatic hydroxyl groups is 1. The summed E-state index contributed by atoms with van der Waals surface area (Å²) in [6.07, 6.45) is 0.858. The zero-order valence-electron chi connectivity index (χ0n) is 18.6. The van der Waals surface area contributed by atoms with Gasteiger partial charge in [0.05, 0.1) is 12.4 Å². The summed E-state index contributed by atoms with van der Waals surface area (Å²) < 4.78 is 10.7. The second-order valence-electron chi connectivity index (χ2n) is 7.31. The molecule has 0 aliphatic rings. The first-order chi connectivity index (χ1) is 15.9. The van der Waals surface area contributed by atoms with E-state index in [0.717, 1.165) is 10.5 Å². The Balaban J connectivity index is 1.69. The molecular weight excluding hydrogens is 440 g/mol. The number of methoxy groups -OCH3 is 1. The number of nitrogens with one attached hydrogen (secondary N) is 1. The molecule has 3 atom stereocenters. The van der Waals surface area contributed by atoms with Crippen molar-refractivity contribution in [3.05, 3.63) is 84.2 Å². The summed E-state index contributed by atoms with van der Waals surface area (Å²) in [4.78, 5) is 30.2. The molecule has 0 aliphatic carbocycles. The normalized spacial score (nSPS) is 13.4. The molecule has 33 heavy (non-hydrogen) atoms. The maximum absolute atomic E-state index is 12.8. The highest BCUT2D eigenvalue weighted by Gasteiger charge is 2.28. The van der Waals surface area contributed by atoms with Gasteiger partial charge in [0.1, 0.15) is 12.1 Å². The number of nitrogens with zero attached hydrogens (tertiary/aromatic N) is 1. The average Bonchev–Trinajstić information content (AvgIpc) is 2.83. The van der Waals surface area contributed by atoms with Crippen LogP contribution < -0.4 is 10.1 Å². The SMILES string of the molecule is COc1ccnc(C(=O)N[C@@H](C)C(=O)OC(C)C(Sc2ccccc2)c2ccccc2)c1O. The first-order valence-corrected chi connectivity index (χ1v) is 11.3. The summed E-state index contributed by atoms with van der Waals surface area (Å²) in [5.41, 5.74) is 0.790. The largest absolute Gasteiger partial charge is 0.503 e. The highest BCUT2D eigenvalue weighted by molar-refractivity contribution is 7.99.